The Morgan fingerprint density at radius 1 is 1.00 bits per heavy atom. The van der Waals surface area contributed by atoms with Crippen LogP contribution in [0.3, 0.4) is 0 Å². The first-order chi connectivity index (χ1) is 5.66. The Labute approximate surface area is 89.2 Å². The fourth-order valence-corrected chi connectivity index (χ4v) is 25.4. The molecule has 0 aromatic carbocycles. The van der Waals surface area contributed by atoms with Gasteiger partial charge in [0.15, 0.2) is 0 Å². The van der Waals surface area contributed by atoms with Crippen molar-refractivity contribution in [2.75, 3.05) is 0 Å². The third-order valence-electron chi connectivity index (χ3n) is 3.56. The summed E-state index contributed by atoms with van der Waals surface area (Å²) in [4.78, 5) is 0. The van der Waals surface area contributed by atoms with Crippen LogP contribution in [-0.2, 0) is 0 Å². The van der Waals surface area contributed by atoms with E-state index in [4.69, 9.17) is 0 Å². The van der Waals surface area contributed by atoms with E-state index in [0.717, 1.165) is 0 Å². The highest BCUT2D eigenvalue weighted by Gasteiger charge is 2.31. The van der Waals surface area contributed by atoms with Crippen molar-refractivity contribution in [3.8, 4) is 0 Å². The lowest BCUT2D eigenvalue weighted by Crippen LogP contribution is -2.43. The molecule has 0 saturated carbocycles. The van der Waals surface area contributed by atoms with Crippen LogP contribution in [-0.4, -0.2) is 46.9 Å². The van der Waals surface area contributed by atoms with Gasteiger partial charge >= 0.3 is 0 Å². The van der Waals surface area contributed by atoms with Crippen molar-refractivity contribution >= 4 is 46.9 Å². The third kappa shape index (κ3) is 3.09. The minimum absolute atomic E-state index is 0.156. The molecule has 0 N–H and O–H groups in total. The molecule has 0 nitrogen and oxygen atoms in total. The minimum atomic E-state index is 0.156. The molecule has 0 amide bonds. The second kappa shape index (κ2) is 6.53. The van der Waals surface area contributed by atoms with Crippen molar-refractivity contribution in [1.82, 2.24) is 0 Å². The molecule has 12 heavy (non-hydrogen) atoms. The van der Waals surface area contributed by atoms with Crippen LogP contribution >= 0.6 is 0 Å². The van der Waals surface area contributed by atoms with Gasteiger partial charge in [-0.15, -0.1) is 0 Å². The Hall–Kier alpha value is 1.08. The molecule has 0 saturated heterocycles. The maximum absolute atomic E-state index is 2.67. The van der Waals surface area contributed by atoms with Gasteiger partial charge in [0.1, 0.15) is 0 Å². The molecule has 0 aliphatic heterocycles. The lowest BCUT2D eigenvalue weighted by atomic mass is 11.7. The molecule has 0 aromatic rings. The first-order valence-electron chi connectivity index (χ1n) is 5.49. The van der Waals surface area contributed by atoms with Crippen LogP contribution in [0.1, 0.15) is 0 Å². The Morgan fingerprint density at radius 3 is 1.67 bits per heavy atom. The van der Waals surface area contributed by atoms with Crippen molar-refractivity contribution in [3.05, 3.63) is 0 Å². The number of hydrogen-bond donors (Lipinski definition) is 0. The normalized spacial score (nSPS) is 20.5. The summed E-state index contributed by atoms with van der Waals surface area (Å²) >= 11 is 0. The van der Waals surface area contributed by atoms with Crippen molar-refractivity contribution < 1.29 is 0 Å². The SMILES string of the molecule is C[SiH2]C[Si](C)C([SiH2]C)([SiH2]C)[SiH2]C. The van der Waals surface area contributed by atoms with Crippen LogP contribution in [0.5, 0.6) is 0 Å². The zero-order chi connectivity index (χ0) is 9.61. The van der Waals surface area contributed by atoms with E-state index in [1.165, 1.54) is 3.91 Å². The van der Waals surface area contributed by atoms with E-state index in [2.05, 4.69) is 32.7 Å². The molecule has 0 unspecified atom stereocenters. The molecule has 0 atom stereocenters. The minimum Gasteiger partial charge on any atom is -0.0751 e. The second-order valence-corrected chi connectivity index (χ2v) is 20.8. The van der Waals surface area contributed by atoms with Crippen molar-refractivity contribution in [2.24, 2.45) is 0 Å². The highest BCUT2D eigenvalue weighted by molar-refractivity contribution is 7.01. The van der Waals surface area contributed by atoms with Gasteiger partial charge in [-0.1, -0.05) is 42.3 Å². The average Bonchev–Trinajstić information content (AvgIpc) is 2.09. The van der Waals surface area contributed by atoms with Crippen LogP contribution in [0, 0.1) is 0 Å². The third-order valence-corrected chi connectivity index (χ3v) is 32.0. The molecule has 0 spiro atoms. The fraction of sp³-hybridized carbons (Fsp3) is 1.00. The molecule has 0 aromatic heterocycles. The molecule has 0 aliphatic rings. The molecule has 0 heterocycles. The molecule has 1 radical (unpaired) electrons. The van der Waals surface area contributed by atoms with E-state index < -0.39 is 0 Å². The maximum atomic E-state index is 2.67. The quantitative estimate of drug-likeness (QED) is 0.560. The second-order valence-electron chi connectivity index (χ2n) is 3.87. The molecule has 0 aliphatic carbocycles. The molecular weight excluding hydrogens is 225 g/mol. The topological polar surface area (TPSA) is 0 Å². The fourth-order valence-electron chi connectivity index (χ4n) is 2.30. The van der Waals surface area contributed by atoms with Gasteiger partial charge in [-0.05, 0) is 0 Å². The first-order valence-corrected chi connectivity index (χ1v) is 16.5. The molecule has 0 fully saturated rings. The van der Waals surface area contributed by atoms with E-state index >= 15 is 0 Å². The summed E-state index contributed by atoms with van der Waals surface area (Å²) in [7, 11) is 1.56. The Morgan fingerprint density at radius 2 is 1.42 bits per heavy atom. The van der Waals surface area contributed by atoms with Gasteiger partial charge in [-0.25, -0.2) is 0 Å². The molecule has 5 heteroatoms. The smallest absolute Gasteiger partial charge is 0.0377 e. The molecule has 0 rings (SSSR count). The van der Waals surface area contributed by atoms with Gasteiger partial charge in [-0.2, -0.15) is 0 Å². The summed E-state index contributed by atoms with van der Waals surface area (Å²) in [6, 6.07) is 0. The zero-order valence-electron chi connectivity index (χ0n) is 9.54. The molecule has 0 bridgehead atoms. The summed E-state index contributed by atoms with van der Waals surface area (Å²) in [6.07, 6.45) is 0. The van der Waals surface area contributed by atoms with Crippen LogP contribution in [0.2, 0.25) is 42.3 Å². The van der Waals surface area contributed by atoms with Crippen molar-refractivity contribution in [2.45, 2.75) is 42.3 Å². The van der Waals surface area contributed by atoms with Gasteiger partial charge in [-0.3, -0.25) is 0 Å². The largest absolute Gasteiger partial charge is 0.0751 e. The summed E-state index contributed by atoms with van der Waals surface area (Å²) in [5.41, 5.74) is 1.74. The highest BCUT2D eigenvalue weighted by atomic mass is 28.4. The van der Waals surface area contributed by atoms with Gasteiger partial charge in [0, 0.05) is 46.9 Å². The van der Waals surface area contributed by atoms with E-state index in [1.807, 2.05) is 0 Å². The maximum Gasteiger partial charge on any atom is 0.0377 e. The summed E-state index contributed by atoms with van der Waals surface area (Å²) in [5, 5.41) is 0. The number of rotatable bonds is 6. The van der Waals surface area contributed by atoms with Crippen LogP contribution in [0.4, 0.5) is 0 Å². The van der Waals surface area contributed by atoms with Crippen LogP contribution < -0.4 is 0 Å². The average molecular weight is 250 g/mol. The standard InChI is InChI=1S/C7H25Si5/c1-8-6-12(5)7(9-2,10-3)11-4/h6,8-11H2,1-5H3. The predicted molar refractivity (Wildman–Crippen MR) is 76.8 cm³/mol. The van der Waals surface area contributed by atoms with Crippen LogP contribution in [0.15, 0.2) is 0 Å². The monoisotopic (exact) mass is 249 g/mol. The number of hydrogen-bond acceptors (Lipinski definition) is 0. The van der Waals surface area contributed by atoms with Gasteiger partial charge in [0.2, 0.25) is 0 Å². The van der Waals surface area contributed by atoms with Crippen molar-refractivity contribution in [3.63, 3.8) is 0 Å². The summed E-state index contributed by atoms with van der Waals surface area (Å²) < 4.78 is 1.19. The van der Waals surface area contributed by atoms with E-state index in [9.17, 15) is 0 Å². The van der Waals surface area contributed by atoms with E-state index in [1.54, 1.807) is 5.67 Å². The predicted octanol–water partition coefficient (Wildman–Crippen LogP) is -0.451. The highest BCUT2D eigenvalue weighted by Crippen LogP contribution is 2.27. The van der Waals surface area contributed by atoms with Gasteiger partial charge < -0.3 is 0 Å². The summed E-state index contributed by atoms with van der Waals surface area (Å²) in [5.74, 6) is 0. The Bertz CT molecular complexity index is 104. The Balaban J connectivity index is 4.24. The summed E-state index contributed by atoms with van der Waals surface area (Å²) in [6.45, 7) is 13.0. The van der Waals surface area contributed by atoms with Crippen LogP contribution in [0.25, 0.3) is 0 Å². The lowest BCUT2D eigenvalue weighted by molar-refractivity contribution is 1.44. The Kier molecular flexibility index (Phi) is 7.11. The van der Waals surface area contributed by atoms with E-state index in [0.29, 0.717) is 38.1 Å². The zero-order valence-corrected chi connectivity index (χ0v) is 16.2. The van der Waals surface area contributed by atoms with Gasteiger partial charge in [0.25, 0.3) is 0 Å². The first kappa shape index (κ1) is 13.1. The van der Waals surface area contributed by atoms with E-state index in [-0.39, 0.29) is 8.80 Å². The molecular formula is C7H25Si5. The van der Waals surface area contributed by atoms with Gasteiger partial charge in [0.05, 0.1) is 0 Å². The molecule has 73 valence electrons. The van der Waals surface area contributed by atoms with Crippen molar-refractivity contribution in [1.29, 1.82) is 0 Å². The lowest BCUT2D eigenvalue weighted by Gasteiger charge is -2.35.